The largest absolute Gasteiger partial charge is 0.324 e. The summed E-state index contributed by atoms with van der Waals surface area (Å²) in [5.41, 5.74) is 7.38. The Bertz CT molecular complexity index is 325. The molecule has 0 aliphatic heterocycles. The zero-order chi connectivity index (χ0) is 9.84. The maximum Gasteiger partial charge on any atom is 0.0996 e. The number of hydrogen-bond acceptors (Lipinski definition) is 3. The molecule has 0 spiro atoms. The van der Waals surface area contributed by atoms with E-state index < -0.39 is 0 Å². The van der Waals surface area contributed by atoms with E-state index >= 15 is 0 Å². The Balaban J connectivity index is 3.07. The summed E-state index contributed by atoms with van der Waals surface area (Å²) in [7, 11) is 0. The van der Waals surface area contributed by atoms with Crippen molar-refractivity contribution in [3.63, 3.8) is 0 Å². The molecule has 1 unspecified atom stereocenters. The topological polar surface area (TPSA) is 62.7 Å². The van der Waals surface area contributed by atoms with Gasteiger partial charge >= 0.3 is 0 Å². The van der Waals surface area contributed by atoms with Gasteiger partial charge in [-0.25, -0.2) is 0 Å². The van der Waals surface area contributed by atoms with Gasteiger partial charge in [0.05, 0.1) is 11.6 Å². The second-order valence-corrected chi connectivity index (χ2v) is 3.34. The fourth-order valence-corrected chi connectivity index (χ4v) is 1.13. The van der Waals surface area contributed by atoms with E-state index in [0.717, 1.165) is 5.56 Å². The molecule has 13 heavy (non-hydrogen) atoms. The third-order valence-electron chi connectivity index (χ3n) is 2.05. The Kier molecular flexibility index (Phi) is 2.99. The average Bonchev–Trinajstić information content (AvgIpc) is 2.16. The van der Waals surface area contributed by atoms with E-state index in [1.807, 2.05) is 13.8 Å². The van der Waals surface area contributed by atoms with Crippen molar-refractivity contribution in [2.75, 3.05) is 0 Å². The van der Waals surface area contributed by atoms with Gasteiger partial charge in [0, 0.05) is 24.0 Å². The quantitative estimate of drug-likeness (QED) is 0.742. The molecule has 1 heterocycles. The van der Waals surface area contributed by atoms with Gasteiger partial charge in [-0.2, -0.15) is 5.26 Å². The summed E-state index contributed by atoms with van der Waals surface area (Å²) in [6, 6.07) is 3.70. The molecule has 3 heteroatoms. The van der Waals surface area contributed by atoms with Crippen LogP contribution in [0, 0.1) is 17.2 Å². The van der Waals surface area contributed by atoms with Crippen LogP contribution in [0.3, 0.4) is 0 Å². The first-order valence-electron chi connectivity index (χ1n) is 4.26. The smallest absolute Gasteiger partial charge is 0.0996 e. The summed E-state index contributed by atoms with van der Waals surface area (Å²) in [6.45, 7) is 4.05. The number of aromatic nitrogens is 1. The van der Waals surface area contributed by atoms with E-state index in [-0.39, 0.29) is 6.04 Å². The van der Waals surface area contributed by atoms with Gasteiger partial charge in [-0.05, 0) is 12.0 Å². The zero-order valence-corrected chi connectivity index (χ0v) is 7.86. The fourth-order valence-electron chi connectivity index (χ4n) is 1.13. The van der Waals surface area contributed by atoms with Crippen molar-refractivity contribution in [2.45, 2.75) is 19.9 Å². The molecule has 1 rings (SSSR count). The van der Waals surface area contributed by atoms with Crippen molar-refractivity contribution in [2.24, 2.45) is 11.7 Å². The van der Waals surface area contributed by atoms with Crippen molar-refractivity contribution < 1.29 is 0 Å². The van der Waals surface area contributed by atoms with Crippen LogP contribution < -0.4 is 5.73 Å². The molecule has 1 aromatic heterocycles. The molecule has 2 N–H and O–H groups in total. The number of nitrogens with two attached hydrogens (primary N) is 1. The number of nitrogens with zero attached hydrogens (tertiary/aromatic N) is 2. The molecular weight excluding hydrogens is 162 g/mol. The highest BCUT2D eigenvalue weighted by Gasteiger charge is 2.13. The molecule has 0 radical (unpaired) electrons. The molecule has 1 atom stereocenters. The molecule has 0 aliphatic rings. The molecule has 0 aromatic carbocycles. The molecule has 0 amide bonds. The van der Waals surface area contributed by atoms with E-state index in [0.29, 0.717) is 11.5 Å². The van der Waals surface area contributed by atoms with Gasteiger partial charge in [-0.1, -0.05) is 13.8 Å². The summed E-state index contributed by atoms with van der Waals surface area (Å²) >= 11 is 0. The van der Waals surface area contributed by atoms with Gasteiger partial charge in [0.15, 0.2) is 0 Å². The van der Waals surface area contributed by atoms with Crippen LogP contribution in [0.15, 0.2) is 18.5 Å². The lowest BCUT2D eigenvalue weighted by Crippen LogP contribution is -2.18. The van der Waals surface area contributed by atoms with Crippen LogP contribution in [-0.2, 0) is 0 Å². The number of pyridine rings is 1. The minimum atomic E-state index is -0.108. The molecule has 0 fully saturated rings. The fraction of sp³-hybridized carbons (Fsp3) is 0.400. The second kappa shape index (κ2) is 4.01. The van der Waals surface area contributed by atoms with Gasteiger partial charge in [0.25, 0.3) is 0 Å². The molecule has 68 valence electrons. The first kappa shape index (κ1) is 9.69. The van der Waals surface area contributed by atoms with Crippen molar-refractivity contribution in [1.29, 1.82) is 5.26 Å². The highest BCUT2D eigenvalue weighted by atomic mass is 14.7. The van der Waals surface area contributed by atoms with Crippen LogP contribution in [0.1, 0.15) is 31.0 Å². The van der Waals surface area contributed by atoms with Crippen LogP contribution in [0.4, 0.5) is 0 Å². The number of nitriles is 1. The summed E-state index contributed by atoms with van der Waals surface area (Å²) in [6.07, 6.45) is 3.28. The maximum atomic E-state index is 8.82. The minimum Gasteiger partial charge on any atom is -0.324 e. The van der Waals surface area contributed by atoms with E-state index in [9.17, 15) is 0 Å². The van der Waals surface area contributed by atoms with Gasteiger partial charge < -0.3 is 5.73 Å². The van der Waals surface area contributed by atoms with Crippen molar-refractivity contribution >= 4 is 0 Å². The summed E-state index contributed by atoms with van der Waals surface area (Å²) in [5.74, 6) is 0.316. The molecule has 1 aromatic rings. The van der Waals surface area contributed by atoms with Gasteiger partial charge in [-0.3, -0.25) is 4.98 Å². The summed E-state index contributed by atoms with van der Waals surface area (Å²) in [5, 5.41) is 8.82. The van der Waals surface area contributed by atoms with Gasteiger partial charge in [0.2, 0.25) is 0 Å². The third-order valence-corrected chi connectivity index (χ3v) is 2.05. The van der Waals surface area contributed by atoms with E-state index in [1.165, 1.54) is 0 Å². The SMILES string of the molecule is CC(C)C(N)c1cnccc1C#N. The Hall–Kier alpha value is -1.40. The van der Waals surface area contributed by atoms with Crippen molar-refractivity contribution in [3.8, 4) is 6.07 Å². The van der Waals surface area contributed by atoms with Gasteiger partial charge in [0.1, 0.15) is 0 Å². The van der Waals surface area contributed by atoms with Crippen LogP contribution in [0.2, 0.25) is 0 Å². The lowest BCUT2D eigenvalue weighted by Gasteiger charge is -2.16. The minimum absolute atomic E-state index is 0.108. The Labute approximate surface area is 78.2 Å². The Morgan fingerprint density at radius 1 is 1.54 bits per heavy atom. The van der Waals surface area contributed by atoms with E-state index in [1.54, 1.807) is 18.5 Å². The highest BCUT2D eigenvalue weighted by molar-refractivity contribution is 5.37. The monoisotopic (exact) mass is 175 g/mol. The molecular formula is C10H13N3. The second-order valence-electron chi connectivity index (χ2n) is 3.34. The normalized spacial score (nSPS) is 12.5. The van der Waals surface area contributed by atoms with Crippen LogP contribution in [0.5, 0.6) is 0 Å². The van der Waals surface area contributed by atoms with Crippen LogP contribution >= 0.6 is 0 Å². The average molecular weight is 175 g/mol. The number of hydrogen-bond donors (Lipinski definition) is 1. The molecule has 0 saturated carbocycles. The maximum absolute atomic E-state index is 8.82. The predicted molar refractivity (Wildman–Crippen MR) is 50.7 cm³/mol. The lowest BCUT2D eigenvalue weighted by atomic mass is 9.95. The summed E-state index contributed by atoms with van der Waals surface area (Å²) in [4.78, 5) is 3.97. The lowest BCUT2D eigenvalue weighted by molar-refractivity contribution is 0.512. The number of rotatable bonds is 2. The van der Waals surface area contributed by atoms with Gasteiger partial charge in [-0.15, -0.1) is 0 Å². The van der Waals surface area contributed by atoms with E-state index in [2.05, 4.69) is 11.1 Å². The van der Waals surface area contributed by atoms with Crippen molar-refractivity contribution in [1.82, 2.24) is 4.98 Å². The Morgan fingerprint density at radius 3 is 2.77 bits per heavy atom. The predicted octanol–water partition coefficient (Wildman–Crippen LogP) is 1.61. The highest BCUT2D eigenvalue weighted by Crippen LogP contribution is 2.20. The summed E-state index contributed by atoms with van der Waals surface area (Å²) < 4.78 is 0. The van der Waals surface area contributed by atoms with Crippen LogP contribution in [0.25, 0.3) is 0 Å². The molecule has 0 saturated heterocycles. The molecule has 0 aliphatic carbocycles. The first-order valence-corrected chi connectivity index (χ1v) is 4.26. The van der Waals surface area contributed by atoms with Crippen LogP contribution in [-0.4, -0.2) is 4.98 Å². The molecule has 3 nitrogen and oxygen atoms in total. The third kappa shape index (κ3) is 2.04. The van der Waals surface area contributed by atoms with E-state index in [4.69, 9.17) is 11.0 Å². The first-order chi connectivity index (χ1) is 6.16. The standard InChI is InChI=1S/C10H13N3/c1-7(2)10(12)9-6-13-4-3-8(9)5-11/h3-4,6-7,10H,12H2,1-2H3. The van der Waals surface area contributed by atoms with Crippen molar-refractivity contribution in [3.05, 3.63) is 29.6 Å². The zero-order valence-electron chi connectivity index (χ0n) is 7.86. The Morgan fingerprint density at radius 2 is 2.23 bits per heavy atom. The molecule has 0 bridgehead atoms.